The quantitative estimate of drug-likeness (QED) is 0.517. The number of halogens is 1. The Morgan fingerprint density at radius 2 is 1.86 bits per heavy atom. The zero-order valence-electron chi connectivity index (χ0n) is 15.9. The van der Waals surface area contributed by atoms with Crippen LogP contribution in [0.1, 0.15) is 23.6 Å². The number of allylic oxidation sites excluding steroid dienone is 1. The summed E-state index contributed by atoms with van der Waals surface area (Å²) in [6, 6.07) is 22.0. The van der Waals surface area contributed by atoms with Gasteiger partial charge in [-0.05, 0) is 55.0 Å². The molecule has 4 rings (SSSR count). The average Bonchev–Trinajstić information content (AvgIpc) is 3.20. The number of nitrogens with one attached hydrogen (secondary N) is 1. The zero-order valence-corrected chi connectivity index (χ0v) is 15.9. The maximum Gasteiger partial charge on any atom is 0.123 e. The van der Waals surface area contributed by atoms with Gasteiger partial charge in [0.1, 0.15) is 5.82 Å². The van der Waals surface area contributed by atoms with E-state index in [2.05, 4.69) is 22.6 Å². The van der Waals surface area contributed by atoms with Crippen LogP contribution in [0.2, 0.25) is 0 Å². The molecular formula is C24H19FN4. The maximum atomic E-state index is 13.3. The van der Waals surface area contributed by atoms with Crippen LogP contribution in [-0.4, -0.2) is 9.78 Å². The molecule has 0 aliphatic rings. The van der Waals surface area contributed by atoms with Gasteiger partial charge < -0.3 is 5.32 Å². The molecule has 142 valence electrons. The Morgan fingerprint density at radius 1 is 1.10 bits per heavy atom. The van der Waals surface area contributed by atoms with Crippen molar-refractivity contribution in [2.24, 2.45) is 0 Å². The first-order chi connectivity index (χ1) is 14.2. The summed E-state index contributed by atoms with van der Waals surface area (Å²) in [4.78, 5) is 0. The highest BCUT2D eigenvalue weighted by molar-refractivity contribution is 5.92. The van der Waals surface area contributed by atoms with E-state index in [0.29, 0.717) is 12.1 Å². The van der Waals surface area contributed by atoms with Gasteiger partial charge in [-0.3, -0.25) is 0 Å². The number of benzene rings is 3. The second-order valence-electron chi connectivity index (χ2n) is 6.64. The Kier molecular flexibility index (Phi) is 5.08. The second kappa shape index (κ2) is 7.99. The molecular weight excluding hydrogens is 363 g/mol. The lowest BCUT2D eigenvalue weighted by Crippen LogP contribution is -2.12. The SMILES string of the molecule is C/C=C(\NCc1ccc(C#N)cc1)c1cccc2c1cnn2-c1ccc(F)cc1. The van der Waals surface area contributed by atoms with Gasteiger partial charge in [-0.1, -0.05) is 30.3 Å². The number of aromatic nitrogens is 2. The molecule has 4 nitrogen and oxygen atoms in total. The van der Waals surface area contributed by atoms with Crippen molar-refractivity contribution < 1.29 is 4.39 Å². The van der Waals surface area contributed by atoms with Crippen molar-refractivity contribution in [3.05, 3.63) is 102 Å². The van der Waals surface area contributed by atoms with Crippen molar-refractivity contribution in [3.8, 4) is 11.8 Å². The molecule has 4 aromatic rings. The van der Waals surface area contributed by atoms with E-state index < -0.39 is 0 Å². The van der Waals surface area contributed by atoms with Crippen molar-refractivity contribution in [1.82, 2.24) is 15.1 Å². The molecule has 0 aliphatic heterocycles. The minimum atomic E-state index is -0.269. The molecule has 0 saturated heterocycles. The molecule has 29 heavy (non-hydrogen) atoms. The summed E-state index contributed by atoms with van der Waals surface area (Å²) >= 11 is 0. The lowest BCUT2D eigenvalue weighted by molar-refractivity contribution is 0.627. The Hall–Kier alpha value is -3.91. The third-order valence-electron chi connectivity index (χ3n) is 4.83. The predicted molar refractivity (Wildman–Crippen MR) is 113 cm³/mol. The average molecular weight is 382 g/mol. The molecule has 0 spiro atoms. The molecule has 0 radical (unpaired) electrons. The van der Waals surface area contributed by atoms with Crippen molar-refractivity contribution in [2.45, 2.75) is 13.5 Å². The van der Waals surface area contributed by atoms with Gasteiger partial charge in [0.25, 0.3) is 0 Å². The number of nitrogens with zero attached hydrogens (tertiary/aromatic N) is 3. The lowest BCUT2D eigenvalue weighted by Gasteiger charge is -2.13. The highest BCUT2D eigenvalue weighted by Gasteiger charge is 2.11. The zero-order chi connectivity index (χ0) is 20.2. The third kappa shape index (κ3) is 3.74. The fourth-order valence-corrected chi connectivity index (χ4v) is 3.32. The largest absolute Gasteiger partial charge is 0.381 e. The summed E-state index contributed by atoms with van der Waals surface area (Å²) in [5, 5.41) is 17.9. The van der Waals surface area contributed by atoms with Crippen LogP contribution in [0, 0.1) is 17.1 Å². The Balaban J connectivity index is 1.63. The van der Waals surface area contributed by atoms with Gasteiger partial charge in [0.2, 0.25) is 0 Å². The van der Waals surface area contributed by atoms with Gasteiger partial charge in [-0.2, -0.15) is 10.4 Å². The van der Waals surface area contributed by atoms with Crippen molar-refractivity contribution in [2.75, 3.05) is 0 Å². The first-order valence-corrected chi connectivity index (χ1v) is 9.32. The standard InChI is InChI=1S/C24H19FN4/c1-2-23(27-15-18-8-6-17(14-26)7-9-18)21-4-3-5-24-22(21)16-28-29(24)20-12-10-19(25)11-13-20/h2-13,16,27H,15H2,1H3/b23-2-. The molecule has 3 aromatic carbocycles. The Labute approximate surface area is 168 Å². The number of hydrogen-bond donors (Lipinski definition) is 1. The van der Waals surface area contributed by atoms with E-state index >= 15 is 0 Å². The summed E-state index contributed by atoms with van der Waals surface area (Å²) in [6.07, 6.45) is 3.87. The minimum absolute atomic E-state index is 0.269. The van der Waals surface area contributed by atoms with Gasteiger partial charge in [0.05, 0.1) is 29.0 Å². The molecule has 1 aromatic heterocycles. The fourth-order valence-electron chi connectivity index (χ4n) is 3.32. The van der Waals surface area contributed by atoms with Crippen LogP contribution in [0.15, 0.2) is 79.0 Å². The fraction of sp³-hybridized carbons (Fsp3) is 0.0833. The van der Waals surface area contributed by atoms with Crippen LogP contribution in [0.25, 0.3) is 22.3 Å². The number of rotatable bonds is 5. The van der Waals surface area contributed by atoms with Gasteiger partial charge in [-0.15, -0.1) is 0 Å². The summed E-state index contributed by atoms with van der Waals surface area (Å²) in [7, 11) is 0. The third-order valence-corrected chi connectivity index (χ3v) is 4.83. The molecule has 1 heterocycles. The summed E-state index contributed by atoms with van der Waals surface area (Å²) in [5.41, 5.74) is 5.56. The summed E-state index contributed by atoms with van der Waals surface area (Å²) in [6.45, 7) is 2.64. The number of nitriles is 1. The highest BCUT2D eigenvalue weighted by Crippen LogP contribution is 2.26. The van der Waals surface area contributed by atoms with Crippen molar-refractivity contribution in [1.29, 1.82) is 5.26 Å². The molecule has 5 heteroatoms. The van der Waals surface area contributed by atoms with Gasteiger partial charge in [0, 0.05) is 23.2 Å². The normalized spacial score (nSPS) is 11.4. The monoisotopic (exact) mass is 382 g/mol. The molecule has 0 atom stereocenters. The van der Waals surface area contributed by atoms with E-state index in [9.17, 15) is 4.39 Å². The summed E-state index contributed by atoms with van der Waals surface area (Å²) < 4.78 is 15.1. The first kappa shape index (κ1) is 18.5. The van der Waals surface area contributed by atoms with Crippen LogP contribution in [0.3, 0.4) is 0 Å². The van der Waals surface area contributed by atoms with Crippen LogP contribution < -0.4 is 5.32 Å². The van der Waals surface area contributed by atoms with Crippen LogP contribution in [0.5, 0.6) is 0 Å². The predicted octanol–water partition coefficient (Wildman–Crippen LogP) is 5.19. The molecule has 0 saturated carbocycles. The topological polar surface area (TPSA) is 53.6 Å². The summed E-state index contributed by atoms with van der Waals surface area (Å²) in [5.74, 6) is -0.269. The number of hydrogen-bond acceptors (Lipinski definition) is 3. The van der Waals surface area contributed by atoms with Gasteiger partial charge in [-0.25, -0.2) is 9.07 Å². The smallest absolute Gasteiger partial charge is 0.123 e. The molecule has 0 bridgehead atoms. The van der Waals surface area contributed by atoms with E-state index in [0.717, 1.165) is 33.4 Å². The highest BCUT2D eigenvalue weighted by atomic mass is 19.1. The molecule has 0 unspecified atom stereocenters. The van der Waals surface area contributed by atoms with E-state index in [1.807, 2.05) is 60.3 Å². The molecule has 0 aliphatic carbocycles. The molecule has 0 amide bonds. The van der Waals surface area contributed by atoms with Crippen molar-refractivity contribution >= 4 is 16.6 Å². The van der Waals surface area contributed by atoms with E-state index in [1.165, 1.54) is 12.1 Å². The Bertz CT molecular complexity index is 1210. The van der Waals surface area contributed by atoms with Crippen LogP contribution in [0.4, 0.5) is 4.39 Å². The minimum Gasteiger partial charge on any atom is -0.381 e. The molecule has 1 N–H and O–H groups in total. The maximum absolute atomic E-state index is 13.3. The molecule has 0 fully saturated rings. The van der Waals surface area contributed by atoms with E-state index in [-0.39, 0.29) is 5.82 Å². The van der Waals surface area contributed by atoms with Crippen LogP contribution >= 0.6 is 0 Å². The van der Waals surface area contributed by atoms with E-state index in [4.69, 9.17) is 5.26 Å². The second-order valence-corrected chi connectivity index (χ2v) is 6.64. The first-order valence-electron chi connectivity index (χ1n) is 9.32. The lowest BCUT2D eigenvalue weighted by atomic mass is 10.1. The van der Waals surface area contributed by atoms with E-state index in [1.54, 1.807) is 12.1 Å². The number of fused-ring (bicyclic) bond motifs is 1. The van der Waals surface area contributed by atoms with Crippen LogP contribution in [-0.2, 0) is 6.54 Å². The van der Waals surface area contributed by atoms with Crippen molar-refractivity contribution in [3.63, 3.8) is 0 Å². The van der Waals surface area contributed by atoms with Gasteiger partial charge in [0.15, 0.2) is 0 Å². The van der Waals surface area contributed by atoms with Gasteiger partial charge >= 0.3 is 0 Å². The Morgan fingerprint density at radius 3 is 2.55 bits per heavy atom.